The molecular formula is C20H24Cl2N2O3S. The Labute approximate surface area is 176 Å². The summed E-state index contributed by atoms with van der Waals surface area (Å²) in [7, 11) is -3.76. The van der Waals surface area contributed by atoms with Crippen LogP contribution >= 0.6 is 23.2 Å². The van der Waals surface area contributed by atoms with Gasteiger partial charge in [-0.2, -0.15) is 0 Å². The van der Waals surface area contributed by atoms with Crippen molar-refractivity contribution in [1.29, 1.82) is 0 Å². The van der Waals surface area contributed by atoms with Gasteiger partial charge in [0.25, 0.3) is 0 Å². The van der Waals surface area contributed by atoms with Crippen molar-refractivity contribution in [1.82, 2.24) is 5.32 Å². The summed E-state index contributed by atoms with van der Waals surface area (Å²) in [6.07, 6.45) is 1.34. The zero-order chi connectivity index (χ0) is 21.1. The number of hydrogen-bond acceptors (Lipinski definition) is 3. The van der Waals surface area contributed by atoms with Crippen molar-refractivity contribution in [3.63, 3.8) is 0 Å². The Morgan fingerprint density at radius 3 is 2.11 bits per heavy atom. The lowest BCUT2D eigenvalue weighted by molar-refractivity contribution is -0.122. The molecule has 0 radical (unpaired) electrons. The molecule has 5 nitrogen and oxygen atoms in total. The lowest BCUT2D eigenvalue weighted by Crippen LogP contribution is -2.49. The van der Waals surface area contributed by atoms with E-state index in [0.29, 0.717) is 10.0 Å². The number of aryl methyl sites for hydroxylation is 1. The van der Waals surface area contributed by atoms with Crippen molar-refractivity contribution in [2.45, 2.75) is 39.3 Å². The highest BCUT2D eigenvalue weighted by atomic mass is 35.5. The molecule has 1 amide bonds. The van der Waals surface area contributed by atoms with Crippen LogP contribution in [0.25, 0.3) is 0 Å². The van der Waals surface area contributed by atoms with E-state index in [1.54, 1.807) is 6.92 Å². The molecular weight excluding hydrogens is 419 g/mol. The first-order chi connectivity index (χ1) is 13.0. The molecule has 0 heterocycles. The van der Waals surface area contributed by atoms with Crippen LogP contribution in [0.5, 0.6) is 0 Å². The van der Waals surface area contributed by atoms with Gasteiger partial charge < -0.3 is 5.32 Å². The van der Waals surface area contributed by atoms with Crippen LogP contribution in [0.2, 0.25) is 10.0 Å². The number of nitrogens with zero attached hydrogens (tertiary/aromatic N) is 1. The van der Waals surface area contributed by atoms with Gasteiger partial charge in [-0.15, -0.1) is 0 Å². The quantitative estimate of drug-likeness (QED) is 0.673. The van der Waals surface area contributed by atoms with Crippen LogP contribution in [0, 0.1) is 6.92 Å². The molecule has 0 saturated carbocycles. The fourth-order valence-electron chi connectivity index (χ4n) is 2.97. The lowest BCUT2D eigenvalue weighted by Gasteiger charge is -2.31. The van der Waals surface area contributed by atoms with Crippen LogP contribution in [-0.2, 0) is 14.8 Å². The second-order valence-electron chi connectivity index (χ2n) is 6.75. The minimum atomic E-state index is -3.76. The number of amides is 1. The molecule has 0 fully saturated rings. The van der Waals surface area contributed by atoms with Crippen LogP contribution in [-0.4, -0.2) is 26.6 Å². The van der Waals surface area contributed by atoms with Crippen molar-refractivity contribution < 1.29 is 13.2 Å². The Kier molecular flexibility index (Phi) is 7.37. The number of benzene rings is 2. The Hall–Kier alpha value is -1.76. The molecule has 8 heteroatoms. The Balaban J connectivity index is 2.34. The minimum absolute atomic E-state index is 0.255. The molecule has 0 aromatic heterocycles. The minimum Gasteiger partial charge on any atom is -0.348 e. The molecule has 0 aliphatic rings. The second-order valence-corrected chi connectivity index (χ2v) is 9.48. The molecule has 2 atom stereocenters. The first-order valence-corrected chi connectivity index (χ1v) is 11.5. The maximum Gasteiger partial charge on any atom is 0.244 e. The van der Waals surface area contributed by atoms with E-state index in [-0.39, 0.29) is 18.2 Å². The summed E-state index contributed by atoms with van der Waals surface area (Å²) >= 11 is 12.1. The topological polar surface area (TPSA) is 66.5 Å². The van der Waals surface area contributed by atoms with Gasteiger partial charge in [0, 0.05) is 10.0 Å². The third-order valence-electron chi connectivity index (χ3n) is 4.37. The van der Waals surface area contributed by atoms with Gasteiger partial charge >= 0.3 is 0 Å². The standard InChI is InChI=1S/C20H24Cl2N2O3S/c1-5-19(20(25)23-14(3)15-8-6-13(2)7-9-15)24(28(4,26)27)18-11-16(21)10-17(22)12-18/h6-12,14,19H,5H2,1-4H3,(H,23,25)/t14-,19+/m0/s1. The van der Waals surface area contributed by atoms with Gasteiger partial charge in [-0.3, -0.25) is 9.10 Å². The number of carbonyl (C=O) groups excluding carboxylic acids is 1. The summed E-state index contributed by atoms with van der Waals surface area (Å²) in [5.74, 6) is -0.392. The number of carbonyl (C=O) groups is 1. The molecule has 0 spiro atoms. The number of halogens is 2. The van der Waals surface area contributed by atoms with E-state index >= 15 is 0 Å². The summed E-state index contributed by atoms with van der Waals surface area (Å²) in [6.45, 7) is 5.60. The van der Waals surface area contributed by atoms with E-state index in [1.165, 1.54) is 18.2 Å². The van der Waals surface area contributed by atoms with Gasteiger partial charge in [0.15, 0.2) is 0 Å². The molecule has 2 aromatic rings. The molecule has 0 aliphatic carbocycles. The zero-order valence-electron chi connectivity index (χ0n) is 16.2. The third-order valence-corrected chi connectivity index (χ3v) is 5.98. The number of anilines is 1. The first-order valence-electron chi connectivity index (χ1n) is 8.85. The van der Waals surface area contributed by atoms with E-state index in [1.807, 2.05) is 38.1 Å². The number of rotatable bonds is 7. The van der Waals surface area contributed by atoms with E-state index in [0.717, 1.165) is 21.7 Å². The largest absolute Gasteiger partial charge is 0.348 e. The Morgan fingerprint density at radius 2 is 1.64 bits per heavy atom. The van der Waals surface area contributed by atoms with Crippen molar-refractivity contribution in [3.8, 4) is 0 Å². The number of hydrogen-bond donors (Lipinski definition) is 1. The summed E-state index contributed by atoms with van der Waals surface area (Å²) in [5, 5.41) is 3.49. The molecule has 0 bridgehead atoms. The van der Waals surface area contributed by atoms with Crippen LogP contribution in [0.3, 0.4) is 0 Å². The number of nitrogens with one attached hydrogen (secondary N) is 1. The lowest BCUT2D eigenvalue weighted by atomic mass is 10.1. The van der Waals surface area contributed by atoms with E-state index in [4.69, 9.17) is 23.2 Å². The predicted molar refractivity (Wildman–Crippen MR) is 116 cm³/mol. The highest BCUT2D eigenvalue weighted by molar-refractivity contribution is 7.92. The summed E-state index contributed by atoms with van der Waals surface area (Å²) < 4.78 is 26.1. The smallest absolute Gasteiger partial charge is 0.244 e. The van der Waals surface area contributed by atoms with E-state index < -0.39 is 22.0 Å². The first kappa shape index (κ1) is 22.5. The zero-order valence-corrected chi connectivity index (χ0v) is 18.6. The van der Waals surface area contributed by atoms with Gasteiger partial charge in [0.1, 0.15) is 6.04 Å². The van der Waals surface area contributed by atoms with Gasteiger partial charge in [-0.05, 0) is 44.0 Å². The molecule has 28 heavy (non-hydrogen) atoms. The van der Waals surface area contributed by atoms with Crippen molar-refractivity contribution >= 4 is 44.8 Å². The Bertz CT molecular complexity index is 926. The van der Waals surface area contributed by atoms with Crippen LogP contribution in [0.15, 0.2) is 42.5 Å². The van der Waals surface area contributed by atoms with Crippen molar-refractivity contribution in [3.05, 3.63) is 63.6 Å². The molecule has 0 aliphatic heterocycles. The molecule has 2 aromatic carbocycles. The number of sulfonamides is 1. The van der Waals surface area contributed by atoms with Crippen molar-refractivity contribution in [2.24, 2.45) is 0 Å². The molecule has 2 rings (SSSR count). The molecule has 0 unspecified atom stereocenters. The average molecular weight is 443 g/mol. The molecule has 0 saturated heterocycles. The summed E-state index contributed by atoms with van der Waals surface area (Å²) in [6, 6.07) is 11.1. The third kappa shape index (κ3) is 5.63. The maximum atomic E-state index is 13.0. The van der Waals surface area contributed by atoms with Gasteiger partial charge in [0.2, 0.25) is 15.9 Å². The van der Waals surface area contributed by atoms with Gasteiger partial charge in [-0.25, -0.2) is 8.42 Å². The fourth-order valence-corrected chi connectivity index (χ4v) is 4.68. The second kappa shape index (κ2) is 9.16. The molecule has 1 N–H and O–H groups in total. The van der Waals surface area contributed by atoms with E-state index in [2.05, 4.69) is 5.32 Å². The molecule has 152 valence electrons. The predicted octanol–water partition coefficient (Wildman–Crippen LogP) is 4.72. The van der Waals surface area contributed by atoms with Gasteiger partial charge in [-0.1, -0.05) is 60.0 Å². The summed E-state index contributed by atoms with van der Waals surface area (Å²) in [5.41, 5.74) is 2.31. The SMILES string of the molecule is CC[C@H](C(=O)N[C@@H](C)c1ccc(C)cc1)N(c1cc(Cl)cc(Cl)c1)S(C)(=O)=O. The highest BCUT2D eigenvalue weighted by Gasteiger charge is 2.32. The maximum absolute atomic E-state index is 13.0. The highest BCUT2D eigenvalue weighted by Crippen LogP contribution is 2.29. The monoisotopic (exact) mass is 442 g/mol. The van der Waals surface area contributed by atoms with Gasteiger partial charge in [0.05, 0.1) is 18.0 Å². The fraction of sp³-hybridized carbons (Fsp3) is 0.350. The summed E-state index contributed by atoms with van der Waals surface area (Å²) in [4.78, 5) is 13.0. The van der Waals surface area contributed by atoms with Crippen LogP contribution in [0.1, 0.15) is 37.4 Å². The van der Waals surface area contributed by atoms with Crippen LogP contribution < -0.4 is 9.62 Å². The van der Waals surface area contributed by atoms with E-state index in [9.17, 15) is 13.2 Å². The average Bonchev–Trinajstić information content (AvgIpc) is 2.57. The van der Waals surface area contributed by atoms with Crippen LogP contribution in [0.4, 0.5) is 5.69 Å². The normalized spacial score (nSPS) is 13.6. The van der Waals surface area contributed by atoms with Crippen molar-refractivity contribution in [2.75, 3.05) is 10.6 Å². The Morgan fingerprint density at radius 1 is 1.11 bits per heavy atom.